The van der Waals surface area contributed by atoms with Gasteiger partial charge in [0.15, 0.2) is 5.13 Å². The van der Waals surface area contributed by atoms with Gasteiger partial charge in [-0.1, -0.05) is 24.3 Å². The van der Waals surface area contributed by atoms with Crippen LogP contribution in [-0.4, -0.2) is 35.5 Å². The van der Waals surface area contributed by atoms with Crippen LogP contribution in [0.1, 0.15) is 6.92 Å². The Kier molecular flexibility index (Phi) is 4.85. The number of benzene rings is 1. The Labute approximate surface area is 125 Å². The molecule has 0 saturated heterocycles. The summed E-state index contributed by atoms with van der Waals surface area (Å²) in [5.41, 5.74) is 6.69. The minimum Gasteiger partial charge on any atom is -0.495 e. The summed E-state index contributed by atoms with van der Waals surface area (Å²) in [5, 5.41) is 3.37. The van der Waals surface area contributed by atoms with Crippen LogP contribution in [0, 0.1) is 0 Å². The highest BCUT2D eigenvalue weighted by Gasteiger charge is 2.21. The topological polar surface area (TPSA) is 77.2 Å². The van der Waals surface area contributed by atoms with Crippen LogP contribution in [0.25, 0.3) is 10.2 Å². The number of nitrogens with one attached hydrogen (secondary N) is 1. The summed E-state index contributed by atoms with van der Waals surface area (Å²) in [6.07, 6.45) is 1.93. The molecular formula is C13H17N3O2S2. The van der Waals surface area contributed by atoms with E-state index in [0.29, 0.717) is 5.13 Å². The van der Waals surface area contributed by atoms with Gasteiger partial charge < -0.3 is 15.8 Å². The molecule has 0 radical (unpaired) electrons. The Bertz CT molecular complexity index is 615. The second kappa shape index (κ2) is 6.43. The number of thiazole rings is 1. The van der Waals surface area contributed by atoms with Gasteiger partial charge in [0.05, 0.1) is 23.4 Å². The van der Waals surface area contributed by atoms with Crippen molar-refractivity contribution in [2.75, 3.05) is 18.7 Å². The molecule has 2 rings (SSSR count). The van der Waals surface area contributed by atoms with Crippen molar-refractivity contribution in [3.8, 4) is 5.75 Å². The molecule has 2 atom stereocenters. The number of hydrogen-bond acceptors (Lipinski definition) is 6. The summed E-state index contributed by atoms with van der Waals surface area (Å²) >= 11 is 2.94. The molecule has 5 nitrogen and oxygen atoms in total. The van der Waals surface area contributed by atoms with Crippen LogP contribution in [0.5, 0.6) is 5.75 Å². The predicted molar refractivity (Wildman–Crippen MR) is 85.8 cm³/mol. The molecular weight excluding hydrogens is 294 g/mol. The molecule has 0 spiro atoms. The fraction of sp³-hybridized carbons (Fsp3) is 0.385. The van der Waals surface area contributed by atoms with E-state index in [1.807, 2.05) is 31.4 Å². The summed E-state index contributed by atoms with van der Waals surface area (Å²) in [6.45, 7) is 1.93. The second-order valence-corrected chi connectivity index (χ2v) is 6.50. The van der Waals surface area contributed by atoms with Crippen molar-refractivity contribution in [2.45, 2.75) is 18.2 Å². The highest BCUT2D eigenvalue weighted by Crippen LogP contribution is 2.33. The maximum absolute atomic E-state index is 12.0. The molecule has 20 heavy (non-hydrogen) atoms. The lowest BCUT2D eigenvalue weighted by molar-refractivity contribution is -0.117. The second-order valence-electron chi connectivity index (χ2n) is 4.28. The van der Waals surface area contributed by atoms with E-state index in [1.165, 1.54) is 11.3 Å². The lowest BCUT2D eigenvalue weighted by atomic mass is 10.2. The van der Waals surface area contributed by atoms with E-state index >= 15 is 0 Å². The monoisotopic (exact) mass is 311 g/mol. The third-order valence-electron chi connectivity index (χ3n) is 3.01. The SMILES string of the molecule is COc1cccc2nc(NC(=O)C(N)C(C)SC)sc12. The Morgan fingerprint density at radius 1 is 1.55 bits per heavy atom. The van der Waals surface area contributed by atoms with E-state index in [9.17, 15) is 4.79 Å². The maximum atomic E-state index is 12.0. The van der Waals surface area contributed by atoms with Gasteiger partial charge in [-0.25, -0.2) is 4.98 Å². The quantitative estimate of drug-likeness (QED) is 0.886. The number of amides is 1. The van der Waals surface area contributed by atoms with Crippen LogP contribution in [0.15, 0.2) is 18.2 Å². The summed E-state index contributed by atoms with van der Waals surface area (Å²) < 4.78 is 6.19. The Morgan fingerprint density at radius 3 is 2.95 bits per heavy atom. The van der Waals surface area contributed by atoms with Crippen molar-refractivity contribution in [2.24, 2.45) is 5.73 Å². The zero-order chi connectivity index (χ0) is 14.7. The lowest BCUT2D eigenvalue weighted by Gasteiger charge is -2.16. The molecule has 108 valence electrons. The molecule has 1 amide bonds. The molecule has 1 aromatic carbocycles. The molecule has 0 saturated carbocycles. The smallest absolute Gasteiger partial charge is 0.244 e. The number of aromatic nitrogens is 1. The minimum absolute atomic E-state index is 0.0546. The third kappa shape index (κ3) is 3.05. The first-order valence-corrected chi connectivity index (χ1v) is 8.20. The molecule has 0 fully saturated rings. The highest BCUT2D eigenvalue weighted by atomic mass is 32.2. The molecule has 3 N–H and O–H groups in total. The number of ether oxygens (including phenoxy) is 1. The van der Waals surface area contributed by atoms with Crippen LogP contribution < -0.4 is 15.8 Å². The van der Waals surface area contributed by atoms with E-state index in [1.54, 1.807) is 18.9 Å². The highest BCUT2D eigenvalue weighted by molar-refractivity contribution is 7.99. The number of nitrogens with zero attached hydrogens (tertiary/aromatic N) is 1. The standard InChI is InChI=1S/C13H17N3O2S2/c1-7(19-3)10(14)12(17)16-13-15-8-5-4-6-9(18-2)11(8)20-13/h4-7,10H,14H2,1-3H3,(H,15,16,17). The average Bonchev–Trinajstić information content (AvgIpc) is 2.87. The summed E-state index contributed by atoms with van der Waals surface area (Å²) in [6, 6.07) is 5.06. The van der Waals surface area contributed by atoms with Crippen molar-refractivity contribution in [3.05, 3.63) is 18.2 Å². The lowest BCUT2D eigenvalue weighted by Crippen LogP contribution is -2.42. The molecule has 1 aromatic heterocycles. The Morgan fingerprint density at radius 2 is 2.30 bits per heavy atom. The zero-order valence-corrected chi connectivity index (χ0v) is 13.2. The largest absolute Gasteiger partial charge is 0.495 e. The number of rotatable bonds is 5. The first-order valence-electron chi connectivity index (χ1n) is 6.09. The molecule has 0 bridgehead atoms. The van der Waals surface area contributed by atoms with Crippen molar-refractivity contribution in [3.63, 3.8) is 0 Å². The Balaban J connectivity index is 2.20. The van der Waals surface area contributed by atoms with E-state index in [4.69, 9.17) is 10.5 Å². The van der Waals surface area contributed by atoms with Gasteiger partial charge in [-0.15, -0.1) is 0 Å². The predicted octanol–water partition coefficient (Wildman–Crippen LogP) is 2.32. The molecule has 2 unspecified atom stereocenters. The van der Waals surface area contributed by atoms with Crippen LogP contribution in [0.2, 0.25) is 0 Å². The van der Waals surface area contributed by atoms with E-state index in [-0.39, 0.29) is 11.2 Å². The number of hydrogen-bond donors (Lipinski definition) is 2. The first kappa shape index (κ1) is 15.1. The van der Waals surface area contributed by atoms with E-state index < -0.39 is 6.04 Å². The van der Waals surface area contributed by atoms with Crippen LogP contribution in [0.3, 0.4) is 0 Å². The van der Waals surface area contributed by atoms with E-state index in [0.717, 1.165) is 16.0 Å². The zero-order valence-electron chi connectivity index (χ0n) is 11.5. The Hall–Kier alpha value is -1.31. The fourth-order valence-corrected chi connectivity index (χ4v) is 3.06. The molecule has 2 aromatic rings. The van der Waals surface area contributed by atoms with Crippen molar-refractivity contribution in [1.82, 2.24) is 4.98 Å². The van der Waals surface area contributed by atoms with Gasteiger partial charge in [0.1, 0.15) is 5.75 Å². The van der Waals surface area contributed by atoms with Gasteiger partial charge in [0.2, 0.25) is 5.91 Å². The third-order valence-corrected chi connectivity index (χ3v) is 5.05. The minimum atomic E-state index is -0.557. The fourth-order valence-electron chi connectivity index (χ4n) is 1.69. The van der Waals surface area contributed by atoms with Crippen LogP contribution >= 0.6 is 23.1 Å². The molecule has 0 aliphatic heterocycles. The number of fused-ring (bicyclic) bond motifs is 1. The number of carbonyl (C=O) groups is 1. The van der Waals surface area contributed by atoms with Crippen LogP contribution in [-0.2, 0) is 4.79 Å². The number of methoxy groups -OCH3 is 1. The van der Waals surface area contributed by atoms with Gasteiger partial charge >= 0.3 is 0 Å². The normalized spacial score (nSPS) is 14.0. The van der Waals surface area contributed by atoms with Gasteiger partial charge in [0, 0.05) is 5.25 Å². The molecule has 0 aliphatic rings. The van der Waals surface area contributed by atoms with Gasteiger partial charge in [-0.05, 0) is 18.4 Å². The van der Waals surface area contributed by atoms with Crippen LogP contribution in [0.4, 0.5) is 5.13 Å². The molecule has 1 heterocycles. The van der Waals surface area contributed by atoms with Gasteiger partial charge in [0.25, 0.3) is 0 Å². The summed E-state index contributed by atoms with van der Waals surface area (Å²) in [7, 11) is 1.61. The van der Waals surface area contributed by atoms with Crippen molar-refractivity contribution < 1.29 is 9.53 Å². The van der Waals surface area contributed by atoms with Gasteiger partial charge in [-0.3, -0.25) is 4.79 Å². The number of thioether (sulfide) groups is 1. The number of anilines is 1. The summed E-state index contributed by atoms with van der Waals surface area (Å²) in [4.78, 5) is 16.4. The van der Waals surface area contributed by atoms with Gasteiger partial charge in [-0.2, -0.15) is 11.8 Å². The van der Waals surface area contributed by atoms with Crippen molar-refractivity contribution in [1.29, 1.82) is 0 Å². The summed E-state index contributed by atoms with van der Waals surface area (Å²) in [5.74, 6) is 0.534. The van der Waals surface area contributed by atoms with Crippen molar-refractivity contribution >= 4 is 44.4 Å². The molecule has 7 heteroatoms. The van der Waals surface area contributed by atoms with E-state index in [2.05, 4.69) is 10.3 Å². The average molecular weight is 311 g/mol. The molecule has 0 aliphatic carbocycles. The number of nitrogens with two attached hydrogens (primary N) is 1. The first-order chi connectivity index (χ1) is 9.56. The number of carbonyl (C=O) groups excluding carboxylic acids is 1. The maximum Gasteiger partial charge on any atom is 0.244 e.